The summed E-state index contributed by atoms with van der Waals surface area (Å²) in [6.45, 7) is 2.73. The number of benzene rings is 3. The Morgan fingerprint density at radius 2 is 1.84 bits per heavy atom. The van der Waals surface area contributed by atoms with Crippen molar-refractivity contribution in [1.29, 1.82) is 5.26 Å². The average molecular weight is 330 g/mol. The number of nitrogens with zero attached hydrogens (tertiary/aromatic N) is 1. The first kappa shape index (κ1) is 16.9. The van der Waals surface area contributed by atoms with E-state index in [0.29, 0.717) is 13.0 Å². The number of fused-ring (bicyclic) bond motifs is 1. The van der Waals surface area contributed by atoms with E-state index < -0.39 is 0 Å². The highest BCUT2D eigenvalue weighted by Crippen LogP contribution is 2.28. The fraction of sp³-hybridized carbons (Fsp3) is 0.227. The van der Waals surface area contributed by atoms with Gasteiger partial charge in [0.25, 0.3) is 0 Å². The third-order valence-corrected chi connectivity index (χ3v) is 4.21. The SMILES string of the molecule is CC(Nc1cccc(OCCCC#N)c1)c1cccc2ccccc12. The van der Waals surface area contributed by atoms with Crippen molar-refractivity contribution in [2.24, 2.45) is 0 Å². The van der Waals surface area contributed by atoms with Crippen molar-refractivity contribution in [2.75, 3.05) is 11.9 Å². The van der Waals surface area contributed by atoms with Crippen LogP contribution < -0.4 is 10.1 Å². The standard InChI is InChI=1S/C22H22N2O/c1-17(21-13-6-9-18-8-2-3-12-22(18)21)24-19-10-7-11-20(16-19)25-15-5-4-14-23/h2-3,6-13,16-17,24H,4-5,15H2,1H3. The number of hydrogen-bond donors (Lipinski definition) is 1. The summed E-state index contributed by atoms with van der Waals surface area (Å²) < 4.78 is 5.72. The van der Waals surface area contributed by atoms with Gasteiger partial charge in [0.1, 0.15) is 5.75 Å². The van der Waals surface area contributed by atoms with Gasteiger partial charge in [0.05, 0.1) is 12.7 Å². The predicted octanol–water partition coefficient (Wildman–Crippen LogP) is 5.70. The van der Waals surface area contributed by atoms with E-state index in [1.165, 1.54) is 16.3 Å². The maximum Gasteiger partial charge on any atom is 0.121 e. The number of nitrogens with one attached hydrogen (secondary N) is 1. The van der Waals surface area contributed by atoms with E-state index in [2.05, 4.69) is 60.8 Å². The highest BCUT2D eigenvalue weighted by molar-refractivity contribution is 5.86. The monoisotopic (exact) mass is 330 g/mol. The molecule has 3 heteroatoms. The first-order valence-corrected chi connectivity index (χ1v) is 8.62. The molecule has 1 N–H and O–H groups in total. The Morgan fingerprint density at radius 3 is 2.72 bits per heavy atom. The van der Waals surface area contributed by atoms with Gasteiger partial charge in [-0.1, -0.05) is 48.5 Å². The van der Waals surface area contributed by atoms with Crippen LogP contribution >= 0.6 is 0 Å². The van der Waals surface area contributed by atoms with Gasteiger partial charge in [0, 0.05) is 24.2 Å². The molecule has 0 spiro atoms. The zero-order chi connectivity index (χ0) is 17.5. The normalized spacial score (nSPS) is 11.7. The number of ether oxygens (including phenoxy) is 1. The molecule has 1 atom stereocenters. The quantitative estimate of drug-likeness (QED) is 0.566. The van der Waals surface area contributed by atoms with Crippen LogP contribution in [0, 0.1) is 11.3 Å². The summed E-state index contributed by atoms with van der Waals surface area (Å²) in [5, 5.41) is 14.7. The highest BCUT2D eigenvalue weighted by atomic mass is 16.5. The molecule has 0 fully saturated rings. The second-order valence-corrected chi connectivity index (χ2v) is 6.07. The lowest BCUT2D eigenvalue weighted by Gasteiger charge is -2.18. The number of unbranched alkanes of at least 4 members (excludes halogenated alkanes) is 1. The molecule has 0 aromatic heterocycles. The molecule has 1 unspecified atom stereocenters. The van der Waals surface area contributed by atoms with Crippen molar-refractivity contribution in [1.82, 2.24) is 0 Å². The zero-order valence-corrected chi connectivity index (χ0v) is 14.4. The Kier molecular flexibility index (Phi) is 5.53. The fourth-order valence-corrected chi connectivity index (χ4v) is 2.97. The molecule has 126 valence electrons. The maximum absolute atomic E-state index is 8.57. The summed E-state index contributed by atoms with van der Waals surface area (Å²) in [6.07, 6.45) is 1.27. The van der Waals surface area contributed by atoms with E-state index in [4.69, 9.17) is 10.00 Å². The smallest absolute Gasteiger partial charge is 0.121 e. The summed E-state index contributed by atoms with van der Waals surface area (Å²) in [7, 11) is 0. The molecule has 0 heterocycles. The third-order valence-electron chi connectivity index (χ3n) is 4.21. The van der Waals surface area contributed by atoms with Gasteiger partial charge in [0.2, 0.25) is 0 Å². The molecule has 3 nitrogen and oxygen atoms in total. The van der Waals surface area contributed by atoms with E-state index in [9.17, 15) is 0 Å². The Hall–Kier alpha value is -2.99. The second kappa shape index (κ2) is 8.21. The summed E-state index contributed by atoms with van der Waals surface area (Å²) in [5.41, 5.74) is 2.30. The number of hydrogen-bond acceptors (Lipinski definition) is 3. The summed E-state index contributed by atoms with van der Waals surface area (Å²) in [6, 6.07) is 25.2. The molecule has 0 amide bonds. The van der Waals surface area contributed by atoms with E-state index >= 15 is 0 Å². The van der Waals surface area contributed by atoms with Crippen molar-refractivity contribution >= 4 is 16.5 Å². The van der Waals surface area contributed by atoms with Gasteiger partial charge in [0.15, 0.2) is 0 Å². The maximum atomic E-state index is 8.57. The second-order valence-electron chi connectivity index (χ2n) is 6.07. The fourth-order valence-electron chi connectivity index (χ4n) is 2.97. The van der Waals surface area contributed by atoms with Crippen molar-refractivity contribution in [3.8, 4) is 11.8 Å². The molecule has 0 saturated carbocycles. The van der Waals surface area contributed by atoms with Crippen LogP contribution in [0.15, 0.2) is 66.7 Å². The molecule has 3 aromatic rings. The van der Waals surface area contributed by atoms with Crippen molar-refractivity contribution < 1.29 is 4.74 Å². The van der Waals surface area contributed by atoms with Crippen LogP contribution in [0.4, 0.5) is 5.69 Å². The van der Waals surface area contributed by atoms with Crippen molar-refractivity contribution in [3.63, 3.8) is 0 Å². The molecule has 0 aliphatic carbocycles. The molecule has 0 aliphatic rings. The van der Waals surface area contributed by atoms with Gasteiger partial charge >= 0.3 is 0 Å². The number of nitriles is 1. The first-order valence-electron chi connectivity index (χ1n) is 8.62. The van der Waals surface area contributed by atoms with Crippen LogP contribution in [0.3, 0.4) is 0 Å². The predicted molar refractivity (Wildman–Crippen MR) is 103 cm³/mol. The molecule has 3 aromatic carbocycles. The van der Waals surface area contributed by atoms with Gasteiger partial charge in [-0.2, -0.15) is 5.26 Å². The topological polar surface area (TPSA) is 45.0 Å². The summed E-state index contributed by atoms with van der Waals surface area (Å²) in [5.74, 6) is 0.827. The van der Waals surface area contributed by atoms with Crippen molar-refractivity contribution in [3.05, 3.63) is 72.3 Å². The van der Waals surface area contributed by atoms with Crippen LogP contribution in [0.2, 0.25) is 0 Å². The van der Waals surface area contributed by atoms with Crippen LogP contribution in [0.1, 0.15) is 31.4 Å². The third kappa shape index (κ3) is 4.30. The van der Waals surface area contributed by atoms with Gasteiger partial charge in [-0.3, -0.25) is 0 Å². The number of anilines is 1. The Balaban J connectivity index is 1.72. The molecular formula is C22H22N2O. The van der Waals surface area contributed by atoms with E-state index in [1.807, 2.05) is 24.3 Å². The largest absolute Gasteiger partial charge is 0.493 e. The van der Waals surface area contributed by atoms with Gasteiger partial charge < -0.3 is 10.1 Å². The molecule has 0 aliphatic heterocycles. The lowest BCUT2D eigenvalue weighted by atomic mass is 9.99. The Bertz CT molecular complexity index is 877. The molecule has 3 rings (SSSR count). The molecular weight excluding hydrogens is 308 g/mol. The molecule has 0 bridgehead atoms. The molecule has 0 saturated heterocycles. The van der Waals surface area contributed by atoms with E-state index in [0.717, 1.165) is 17.9 Å². The Morgan fingerprint density at radius 1 is 1.04 bits per heavy atom. The minimum atomic E-state index is 0.180. The van der Waals surface area contributed by atoms with E-state index in [-0.39, 0.29) is 6.04 Å². The van der Waals surface area contributed by atoms with Gasteiger partial charge in [-0.15, -0.1) is 0 Å². The van der Waals surface area contributed by atoms with Gasteiger partial charge in [-0.25, -0.2) is 0 Å². The van der Waals surface area contributed by atoms with Crippen LogP contribution in [-0.2, 0) is 0 Å². The lowest BCUT2D eigenvalue weighted by Crippen LogP contribution is -2.07. The van der Waals surface area contributed by atoms with Crippen LogP contribution in [0.5, 0.6) is 5.75 Å². The summed E-state index contributed by atoms with van der Waals surface area (Å²) in [4.78, 5) is 0. The van der Waals surface area contributed by atoms with E-state index in [1.54, 1.807) is 0 Å². The minimum absolute atomic E-state index is 0.180. The van der Waals surface area contributed by atoms with Crippen LogP contribution in [-0.4, -0.2) is 6.61 Å². The number of rotatable bonds is 7. The van der Waals surface area contributed by atoms with Crippen molar-refractivity contribution in [2.45, 2.75) is 25.8 Å². The summed E-state index contributed by atoms with van der Waals surface area (Å²) >= 11 is 0. The first-order chi connectivity index (χ1) is 12.3. The zero-order valence-electron chi connectivity index (χ0n) is 14.4. The van der Waals surface area contributed by atoms with Crippen LogP contribution in [0.25, 0.3) is 10.8 Å². The Labute approximate surface area is 148 Å². The highest BCUT2D eigenvalue weighted by Gasteiger charge is 2.09. The lowest BCUT2D eigenvalue weighted by molar-refractivity contribution is 0.313. The minimum Gasteiger partial charge on any atom is -0.493 e. The average Bonchev–Trinajstić information content (AvgIpc) is 2.65. The molecule has 25 heavy (non-hydrogen) atoms. The molecule has 0 radical (unpaired) electrons. The van der Waals surface area contributed by atoms with Gasteiger partial charge in [-0.05, 0) is 41.8 Å².